The number of nitrogens with zero attached hydrogens (tertiary/aromatic N) is 1. The molecule has 1 unspecified atom stereocenters. The van der Waals surface area contributed by atoms with Gasteiger partial charge in [0.2, 0.25) is 11.8 Å². The summed E-state index contributed by atoms with van der Waals surface area (Å²) in [6.45, 7) is 7.69. The Bertz CT molecular complexity index is 672. The van der Waals surface area contributed by atoms with Crippen LogP contribution < -0.4 is 5.32 Å². The molecule has 1 fully saturated rings. The molecule has 0 spiro atoms. The summed E-state index contributed by atoms with van der Waals surface area (Å²) in [6, 6.07) is 9.38. The third-order valence-electron chi connectivity index (χ3n) is 3.71. The summed E-state index contributed by atoms with van der Waals surface area (Å²) >= 11 is 0. The first-order chi connectivity index (χ1) is 11.2. The summed E-state index contributed by atoms with van der Waals surface area (Å²) < 4.78 is 0. The van der Waals surface area contributed by atoms with E-state index in [0.717, 1.165) is 5.56 Å². The molecule has 3 amide bonds. The molecule has 0 bridgehead atoms. The Morgan fingerprint density at radius 2 is 1.88 bits per heavy atom. The minimum absolute atomic E-state index is 0.0544. The third kappa shape index (κ3) is 4.54. The summed E-state index contributed by atoms with van der Waals surface area (Å²) in [5, 5.41) is 2.88. The molecule has 1 aliphatic heterocycles. The van der Waals surface area contributed by atoms with E-state index in [2.05, 4.69) is 5.32 Å². The molecule has 1 N–H and O–H groups in total. The van der Waals surface area contributed by atoms with Crippen molar-refractivity contribution < 1.29 is 14.4 Å². The summed E-state index contributed by atoms with van der Waals surface area (Å²) in [5.74, 6) is -1.15. The van der Waals surface area contributed by atoms with Gasteiger partial charge in [-0.1, -0.05) is 43.3 Å². The molecular formula is C19H24N2O3. The van der Waals surface area contributed by atoms with Crippen molar-refractivity contribution in [2.75, 3.05) is 0 Å². The van der Waals surface area contributed by atoms with Crippen LogP contribution in [0.25, 0.3) is 0 Å². The standard InChI is InChI=1S/C19H24N2O3/c1-13(17(23)20-19(2,3)4)10-15-11-16(22)21(18(15)24)12-14-8-6-5-7-9-14/h5-10,13H,11-12H2,1-4H3,(H,20,23)/b15-10+. The van der Waals surface area contributed by atoms with Crippen LogP contribution in [0.15, 0.2) is 42.0 Å². The summed E-state index contributed by atoms with van der Waals surface area (Å²) in [7, 11) is 0. The van der Waals surface area contributed by atoms with Crippen LogP contribution in [0.1, 0.15) is 39.7 Å². The van der Waals surface area contributed by atoms with Crippen molar-refractivity contribution in [2.45, 2.75) is 46.2 Å². The largest absolute Gasteiger partial charge is 0.351 e. The van der Waals surface area contributed by atoms with Gasteiger partial charge in [-0.15, -0.1) is 0 Å². The number of carbonyl (C=O) groups excluding carboxylic acids is 3. The smallest absolute Gasteiger partial charge is 0.256 e. The fourth-order valence-electron chi connectivity index (χ4n) is 2.54. The zero-order valence-electron chi connectivity index (χ0n) is 14.6. The van der Waals surface area contributed by atoms with Gasteiger partial charge in [0.15, 0.2) is 0 Å². The van der Waals surface area contributed by atoms with Gasteiger partial charge in [0, 0.05) is 11.1 Å². The van der Waals surface area contributed by atoms with Crippen molar-refractivity contribution in [1.29, 1.82) is 0 Å². The molecule has 1 aromatic carbocycles. The fraction of sp³-hybridized carbons (Fsp3) is 0.421. The first-order valence-electron chi connectivity index (χ1n) is 8.09. The van der Waals surface area contributed by atoms with E-state index in [1.165, 1.54) is 4.90 Å². The van der Waals surface area contributed by atoms with Gasteiger partial charge in [0.05, 0.1) is 18.9 Å². The lowest BCUT2D eigenvalue weighted by Crippen LogP contribution is -2.43. The zero-order valence-corrected chi connectivity index (χ0v) is 14.6. The van der Waals surface area contributed by atoms with E-state index in [-0.39, 0.29) is 36.2 Å². The third-order valence-corrected chi connectivity index (χ3v) is 3.71. The van der Waals surface area contributed by atoms with Crippen LogP contribution >= 0.6 is 0 Å². The molecule has 0 saturated carbocycles. The predicted octanol–water partition coefficient (Wildman–Crippen LogP) is 2.42. The molecule has 1 aliphatic rings. The van der Waals surface area contributed by atoms with Crippen molar-refractivity contribution in [3.8, 4) is 0 Å². The fourth-order valence-corrected chi connectivity index (χ4v) is 2.54. The van der Waals surface area contributed by atoms with Gasteiger partial charge < -0.3 is 5.32 Å². The highest BCUT2D eigenvalue weighted by atomic mass is 16.2. The van der Waals surface area contributed by atoms with Gasteiger partial charge in [-0.05, 0) is 26.3 Å². The second-order valence-corrected chi connectivity index (χ2v) is 7.17. The lowest BCUT2D eigenvalue weighted by atomic mass is 10.0. The molecule has 0 aliphatic carbocycles. The normalized spacial score (nSPS) is 18.2. The van der Waals surface area contributed by atoms with E-state index in [1.807, 2.05) is 51.1 Å². The first-order valence-corrected chi connectivity index (χ1v) is 8.09. The van der Waals surface area contributed by atoms with Crippen LogP contribution in [0.3, 0.4) is 0 Å². The lowest BCUT2D eigenvalue weighted by molar-refractivity contribution is -0.138. The molecule has 1 aromatic rings. The van der Waals surface area contributed by atoms with Crippen LogP contribution in [0.2, 0.25) is 0 Å². The number of imide groups is 1. The Morgan fingerprint density at radius 3 is 2.46 bits per heavy atom. The summed E-state index contributed by atoms with van der Waals surface area (Å²) in [5.41, 5.74) is 0.963. The van der Waals surface area contributed by atoms with Crippen LogP contribution in [0.5, 0.6) is 0 Å². The number of carbonyl (C=O) groups is 3. The van der Waals surface area contributed by atoms with Crippen molar-refractivity contribution in [1.82, 2.24) is 10.2 Å². The van der Waals surface area contributed by atoms with Crippen molar-refractivity contribution in [2.24, 2.45) is 5.92 Å². The van der Waals surface area contributed by atoms with E-state index in [1.54, 1.807) is 13.0 Å². The molecule has 2 rings (SSSR count). The molecule has 5 heteroatoms. The molecule has 5 nitrogen and oxygen atoms in total. The minimum Gasteiger partial charge on any atom is -0.351 e. The zero-order chi connectivity index (χ0) is 17.9. The van der Waals surface area contributed by atoms with E-state index in [4.69, 9.17) is 0 Å². The highest BCUT2D eigenvalue weighted by Gasteiger charge is 2.34. The number of amides is 3. The summed E-state index contributed by atoms with van der Waals surface area (Å²) in [4.78, 5) is 38.0. The van der Waals surface area contributed by atoms with E-state index in [9.17, 15) is 14.4 Å². The number of hydrogen-bond acceptors (Lipinski definition) is 3. The van der Waals surface area contributed by atoms with Gasteiger partial charge in [-0.25, -0.2) is 0 Å². The molecule has 24 heavy (non-hydrogen) atoms. The van der Waals surface area contributed by atoms with Crippen molar-refractivity contribution in [3.05, 3.63) is 47.5 Å². The number of hydrogen-bond donors (Lipinski definition) is 1. The van der Waals surface area contributed by atoms with Gasteiger partial charge >= 0.3 is 0 Å². The topological polar surface area (TPSA) is 66.5 Å². The SMILES string of the molecule is CC(/C=C1\CC(=O)N(Cc2ccccc2)C1=O)C(=O)NC(C)(C)C. The van der Waals surface area contributed by atoms with E-state index < -0.39 is 5.92 Å². The molecule has 1 saturated heterocycles. The first kappa shape index (κ1) is 17.9. The predicted molar refractivity (Wildman–Crippen MR) is 91.8 cm³/mol. The van der Waals surface area contributed by atoms with E-state index in [0.29, 0.717) is 5.57 Å². The maximum Gasteiger partial charge on any atom is 0.256 e. The molecule has 1 heterocycles. The van der Waals surface area contributed by atoms with Crippen molar-refractivity contribution in [3.63, 3.8) is 0 Å². The van der Waals surface area contributed by atoms with Crippen molar-refractivity contribution >= 4 is 17.7 Å². The Morgan fingerprint density at radius 1 is 1.25 bits per heavy atom. The second kappa shape index (κ2) is 6.99. The Hall–Kier alpha value is -2.43. The van der Waals surface area contributed by atoms with Gasteiger partial charge in [0.25, 0.3) is 5.91 Å². The minimum atomic E-state index is -0.465. The molecular weight excluding hydrogens is 304 g/mol. The van der Waals surface area contributed by atoms with Gasteiger partial charge in [0.1, 0.15) is 0 Å². The van der Waals surface area contributed by atoms with Gasteiger partial charge in [-0.3, -0.25) is 19.3 Å². The quantitative estimate of drug-likeness (QED) is 0.682. The average Bonchev–Trinajstić information content (AvgIpc) is 2.74. The number of likely N-dealkylation sites (tertiary alicyclic amines) is 1. The number of nitrogens with one attached hydrogen (secondary N) is 1. The molecule has 0 aromatic heterocycles. The molecule has 1 atom stereocenters. The Kier molecular flexibility index (Phi) is 5.22. The van der Waals surface area contributed by atoms with Crippen LogP contribution in [-0.2, 0) is 20.9 Å². The highest BCUT2D eigenvalue weighted by Crippen LogP contribution is 2.23. The lowest BCUT2D eigenvalue weighted by Gasteiger charge is -2.22. The monoisotopic (exact) mass is 328 g/mol. The number of benzene rings is 1. The maximum atomic E-state index is 12.5. The van der Waals surface area contributed by atoms with Crippen LogP contribution in [-0.4, -0.2) is 28.2 Å². The Labute approximate surface area is 142 Å². The number of rotatable bonds is 4. The Balaban J connectivity index is 2.08. The van der Waals surface area contributed by atoms with E-state index >= 15 is 0 Å². The highest BCUT2D eigenvalue weighted by molar-refractivity contribution is 6.13. The maximum absolute atomic E-state index is 12.5. The average molecular weight is 328 g/mol. The van der Waals surface area contributed by atoms with Crippen LogP contribution in [0.4, 0.5) is 0 Å². The molecule has 128 valence electrons. The van der Waals surface area contributed by atoms with Crippen LogP contribution in [0, 0.1) is 5.92 Å². The van der Waals surface area contributed by atoms with Gasteiger partial charge in [-0.2, -0.15) is 0 Å². The second-order valence-electron chi connectivity index (χ2n) is 7.17. The molecule has 0 radical (unpaired) electrons. The summed E-state index contributed by atoms with van der Waals surface area (Å²) in [6.07, 6.45) is 1.66.